The molecule has 0 spiro atoms. The molecule has 0 fully saturated rings. The molecule has 0 aliphatic heterocycles. The molecule has 53 heavy (non-hydrogen) atoms. The molecule has 0 radical (unpaired) electrons. The molecule has 0 N–H and O–H groups in total. The van der Waals surface area contributed by atoms with E-state index in [-0.39, 0.29) is 0 Å². The average molecular weight is 677 g/mol. The first kappa shape index (κ1) is 28.5. The van der Waals surface area contributed by atoms with Gasteiger partial charge in [-0.3, -0.25) is 4.57 Å². The van der Waals surface area contributed by atoms with E-state index >= 15 is 0 Å². The van der Waals surface area contributed by atoms with Crippen molar-refractivity contribution in [1.82, 2.24) is 19.1 Å². The van der Waals surface area contributed by atoms with Crippen LogP contribution < -0.4 is 0 Å². The predicted octanol–water partition coefficient (Wildman–Crippen LogP) is 12.5. The van der Waals surface area contributed by atoms with Crippen LogP contribution in [0, 0.1) is 0 Å². The first-order chi connectivity index (χ1) is 26.3. The van der Waals surface area contributed by atoms with E-state index in [4.69, 9.17) is 14.4 Å². The van der Waals surface area contributed by atoms with Gasteiger partial charge < -0.3 is 8.98 Å². The zero-order chi connectivity index (χ0) is 34.6. The van der Waals surface area contributed by atoms with Crippen LogP contribution >= 0.6 is 0 Å². The molecule has 0 bridgehead atoms. The maximum Gasteiger partial charge on any atom is 0.235 e. The third kappa shape index (κ3) is 3.91. The summed E-state index contributed by atoms with van der Waals surface area (Å²) in [6, 6.07) is 59.9. The van der Waals surface area contributed by atoms with E-state index in [1.165, 1.54) is 5.39 Å². The number of hydrogen-bond donors (Lipinski definition) is 0. The Bertz CT molecular complexity index is 3450. The minimum atomic E-state index is 0.612. The smallest absolute Gasteiger partial charge is 0.235 e. The third-order valence-electron chi connectivity index (χ3n) is 10.9. The van der Waals surface area contributed by atoms with Crippen LogP contribution in [0.25, 0.3) is 110 Å². The number of furan rings is 1. The van der Waals surface area contributed by atoms with E-state index in [9.17, 15) is 0 Å². The van der Waals surface area contributed by atoms with E-state index in [0.717, 1.165) is 98.8 Å². The topological polar surface area (TPSA) is 48.8 Å². The molecule has 0 aliphatic rings. The van der Waals surface area contributed by atoms with Gasteiger partial charge in [-0.2, -0.15) is 0 Å². The number of benzene rings is 8. The largest absolute Gasteiger partial charge is 0.455 e. The summed E-state index contributed by atoms with van der Waals surface area (Å²) in [5, 5.41) is 9.92. The van der Waals surface area contributed by atoms with Gasteiger partial charge in [0, 0.05) is 49.0 Å². The molecule has 0 aliphatic carbocycles. The van der Waals surface area contributed by atoms with Gasteiger partial charge in [0.15, 0.2) is 0 Å². The van der Waals surface area contributed by atoms with Crippen molar-refractivity contribution in [3.05, 3.63) is 170 Å². The summed E-state index contributed by atoms with van der Waals surface area (Å²) in [7, 11) is 0. The highest BCUT2D eigenvalue weighted by Gasteiger charge is 2.26. The molecule has 4 aromatic heterocycles. The van der Waals surface area contributed by atoms with E-state index in [2.05, 4.69) is 167 Å². The molecular formula is C48H28N4O. The molecule has 4 heterocycles. The minimum Gasteiger partial charge on any atom is -0.455 e. The summed E-state index contributed by atoms with van der Waals surface area (Å²) in [6.45, 7) is 0. The Kier molecular flexibility index (Phi) is 5.71. The quantitative estimate of drug-likeness (QED) is 0.175. The number of para-hydroxylation sites is 3. The van der Waals surface area contributed by atoms with Gasteiger partial charge in [-0.25, -0.2) is 9.97 Å². The number of fused-ring (bicyclic) bond motifs is 14. The number of rotatable bonds is 3. The highest BCUT2D eigenvalue weighted by molar-refractivity contribution is 6.29. The molecule has 12 aromatic rings. The van der Waals surface area contributed by atoms with Crippen LogP contribution in [0.1, 0.15) is 0 Å². The molecule has 0 unspecified atom stereocenters. The van der Waals surface area contributed by atoms with Crippen LogP contribution in [-0.4, -0.2) is 19.1 Å². The molecule has 0 amide bonds. The van der Waals surface area contributed by atoms with Crippen LogP contribution in [0.15, 0.2) is 174 Å². The lowest BCUT2D eigenvalue weighted by Crippen LogP contribution is -2.05. The van der Waals surface area contributed by atoms with Gasteiger partial charge in [-0.1, -0.05) is 127 Å². The second-order valence-corrected chi connectivity index (χ2v) is 13.7. The summed E-state index contributed by atoms with van der Waals surface area (Å²) < 4.78 is 11.4. The Morgan fingerprint density at radius 1 is 0.415 bits per heavy atom. The minimum absolute atomic E-state index is 0.612. The Morgan fingerprint density at radius 3 is 1.94 bits per heavy atom. The van der Waals surface area contributed by atoms with Crippen molar-refractivity contribution in [3.8, 4) is 22.9 Å². The fraction of sp³-hybridized carbons (Fsp3) is 0. The summed E-state index contributed by atoms with van der Waals surface area (Å²) in [5.41, 5.74) is 9.94. The molecule has 0 saturated heterocycles. The van der Waals surface area contributed by atoms with Crippen molar-refractivity contribution in [2.45, 2.75) is 0 Å². The van der Waals surface area contributed by atoms with Crippen molar-refractivity contribution in [2.75, 3.05) is 0 Å². The fourth-order valence-corrected chi connectivity index (χ4v) is 8.63. The van der Waals surface area contributed by atoms with Crippen LogP contribution in [-0.2, 0) is 0 Å². The highest BCUT2D eigenvalue weighted by Crippen LogP contribution is 2.45. The lowest BCUT2D eigenvalue weighted by molar-refractivity contribution is 0.673. The van der Waals surface area contributed by atoms with Gasteiger partial charge in [0.05, 0.1) is 38.7 Å². The summed E-state index contributed by atoms with van der Waals surface area (Å²) in [6.07, 6.45) is 0. The second kappa shape index (κ2) is 10.6. The lowest BCUT2D eigenvalue weighted by atomic mass is 10.0. The molecule has 8 aromatic carbocycles. The van der Waals surface area contributed by atoms with Crippen LogP contribution in [0.3, 0.4) is 0 Å². The molecule has 12 rings (SSSR count). The molecule has 246 valence electrons. The van der Waals surface area contributed by atoms with Crippen molar-refractivity contribution in [1.29, 1.82) is 0 Å². The van der Waals surface area contributed by atoms with E-state index in [1.54, 1.807) is 0 Å². The normalized spacial score (nSPS) is 12.2. The van der Waals surface area contributed by atoms with E-state index in [1.807, 2.05) is 12.1 Å². The molecular weight excluding hydrogens is 649 g/mol. The first-order valence-electron chi connectivity index (χ1n) is 17.9. The maximum atomic E-state index is 6.77. The lowest BCUT2D eigenvalue weighted by Gasteiger charge is -2.14. The molecule has 0 atom stereocenters. The van der Waals surface area contributed by atoms with Gasteiger partial charge in [0.25, 0.3) is 0 Å². The summed E-state index contributed by atoms with van der Waals surface area (Å²) in [4.78, 5) is 11.0. The number of aromatic nitrogens is 4. The molecule has 0 saturated carbocycles. The van der Waals surface area contributed by atoms with Gasteiger partial charge in [-0.15, -0.1) is 0 Å². The van der Waals surface area contributed by atoms with Crippen LogP contribution in [0.4, 0.5) is 0 Å². The summed E-state index contributed by atoms with van der Waals surface area (Å²) in [5.74, 6) is 0.612. The molecule has 5 heteroatoms. The van der Waals surface area contributed by atoms with Gasteiger partial charge in [0.2, 0.25) is 5.95 Å². The maximum absolute atomic E-state index is 6.77. The Morgan fingerprint density at radius 2 is 1.08 bits per heavy atom. The Balaban J connectivity index is 1.34. The predicted molar refractivity (Wildman–Crippen MR) is 218 cm³/mol. The van der Waals surface area contributed by atoms with Crippen molar-refractivity contribution < 1.29 is 4.42 Å². The van der Waals surface area contributed by atoms with Gasteiger partial charge in [-0.05, 0) is 47.9 Å². The Hall–Kier alpha value is -7.24. The van der Waals surface area contributed by atoms with Crippen molar-refractivity contribution in [2.24, 2.45) is 0 Å². The standard InChI is InChI=1S/C48H28N4O/c1-3-14-30(15-4-1)43-38-24-23-29-13-7-8-18-32(29)44(38)50-48(49-43)52-40-28-27-36-34-20-10-12-22-41(34)53-47(36)42(40)37-26-25-35-33-19-9-11-21-39(33)51(45(35)46(37)52)31-16-5-2-6-17-31/h1-28H. The first-order valence-corrected chi connectivity index (χ1v) is 17.9. The molecule has 5 nitrogen and oxygen atoms in total. The second-order valence-electron chi connectivity index (χ2n) is 13.7. The Labute approximate surface area is 302 Å². The van der Waals surface area contributed by atoms with E-state index < -0.39 is 0 Å². The van der Waals surface area contributed by atoms with Crippen molar-refractivity contribution >= 4 is 87.2 Å². The van der Waals surface area contributed by atoms with Crippen LogP contribution in [0.2, 0.25) is 0 Å². The summed E-state index contributed by atoms with van der Waals surface area (Å²) >= 11 is 0. The SMILES string of the molecule is c1ccc(-c2nc(-n3c4ccc5c6ccccc6oc5c4c4ccc5c6ccccc6n(-c6ccccc6)c5c43)nc3c2ccc2ccccc23)cc1. The van der Waals surface area contributed by atoms with Gasteiger partial charge >= 0.3 is 0 Å². The highest BCUT2D eigenvalue weighted by atomic mass is 16.3. The number of hydrogen-bond acceptors (Lipinski definition) is 3. The van der Waals surface area contributed by atoms with Crippen molar-refractivity contribution in [3.63, 3.8) is 0 Å². The average Bonchev–Trinajstić information content (AvgIpc) is 3.89. The zero-order valence-electron chi connectivity index (χ0n) is 28.4. The fourth-order valence-electron chi connectivity index (χ4n) is 8.63. The number of nitrogens with zero attached hydrogens (tertiary/aromatic N) is 4. The van der Waals surface area contributed by atoms with Gasteiger partial charge in [0.1, 0.15) is 11.2 Å². The van der Waals surface area contributed by atoms with E-state index in [0.29, 0.717) is 5.95 Å². The zero-order valence-corrected chi connectivity index (χ0v) is 28.4. The van der Waals surface area contributed by atoms with Crippen LogP contribution in [0.5, 0.6) is 0 Å². The monoisotopic (exact) mass is 676 g/mol. The third-order valence-corrected chi connectivity index (χ3v) is 10.9.